The van der Waals surface area contributed by atoms with Gasteiger partial charge in [0, 0.05) is 24.2 Å². The third-order valence-corrected chi connectivity index (χ3v) is 3.93. The Kier molecular flexibility index (Phi) is 4.44. The number of nitro groups is 1. The predicted octanol–water partition coefficient (Wildman–Crippen LogP) is 2.23. The fourth-order valence-corrected chi connectivity index (χ4v) is 2.78. The van der Waals surface area contributed by atoms with E-state index in [0.29, 0.717) is 18.5 Å². The van der Waals surface area contributed by atoms with Gasteiger partial charge in [0.1, 0.15) is 6.04 Å². The molecule has 1 aliphatic rings. The van der Waals surface area contributed by atoms with E-state index in [4.69, 9.17) is 0 Å². The number of piperidine rings is 1. The minimum atomic E-state index is -1.04. The molecule has 7 heteroatoms. The first-order chi connectivity index (χ1) is 10.3. The average molecular weight is 306 g/mol. The number of nitrogens with zero attached hydrogens (tertiary/aromatic N) is 2. The van der Waals surface area contributed by atoms with E-state index in [1.54, 1.807) is 13.0 Å². The number of amides is 1. The maximum atomic E-state index is 12.6. The number of aryl methyl sites for hydroxylation is 1. The van der Waals surface area contributed by atoms with Crippen LogP contribution in [-0.2, 0) is 4.79 Å². The zero-order valence-electron chi connectivity index (χ0n) is 12.5. The number of benzene rings is 1. The molecular weight excluding hydrogens is 288 g/mol. The molecule has 1 amide bonds. The summed E-state index contributed by atoms with van der Waals surface area (Å²) in [6, 6.07) is 3.25. The molecule has 0 radical (unpaired) electrons. The summed E-state index contributed by atoms with van der Waals surface area (Å²) in [5.41, 5.74) is 0.586. The standard InChI is InChI=1S/C15H18N2O5/c1-9-3-4-16(13(7-9)15(19)20)14(18)11-5-10(2)6-12(8-11)17(21)22/h5-6,8-9,13H,3-4,7H2,1-2H3,(H,19,20). The fraction of sp³-hybridized carbons (Fsp3) is 0.467. The third kappa shape index (κ3) is 3.24. The van der Waals surface area contributed by atoms with Gasteiger partial charge in [0.2, 0.25) is 0 Å². The Morgan fingerprint density at radius 2 is 2.05 bits per heavy atom. The average Bonchev–Trinajstić information content (AvgIpc) is 2.45. The highest BCUT2D eigenvalue weighted by Gasteiger charge is 2.35. The third-order valence-electron chi connectivity index (χ3n) is 3.93. The molecule has 118 valence electrons. The first kappa shape index (κ1) is 15.9. The number of rotatable bonds is 3. The van der Waals surface area contributed by atoms with Crippen molar-refractivity contribution >= 4 is 17.6 Å². The van der Waals surface area contributed by atoms with Crippen LogP contribution in [0.25, 0.3) is 0 Å². The molecule has 1 aliphatic heterocycles. The molecule has 22 heavy (non-hydrogen) atoms. The zero-order chi connectivity index (χ0) is 16.4. The van der Waals surface area contributed by atoms with Crippen molar-refractivity contribution < 1.29 is 19.6 Å². The monoisotopic (exact) mass is 306 g/mol. The van der Waals surface area contributed by atoms with E-state index in [9.17, 15) is 24.8 Å². The van der Waals surface area contributed by atoms with Gasteiger partial charge in [-0.1, -0.05) is 6.92 Å². The minimum absolute atomic E-state index is 0.160. The molecule has 0 aliphatic carbocycles. The molecule has 1 aromatic rings. The molecule has 0 saturated carbocycles. The number of hydrogen-bond acceptors (Lipinski definition) is 4. The van der Waals surface area contributed by atoms with Crippen molar-refractivity contribution in [1.29, 1.82) is 0 Å². The van der Waals surface area contributed by atoms with Crippen LogP contribution in [-0.4, -0.2) is 39.4 Å². The number of nitro benzene ring substituents is 1. The Bertz CT molecular complexity index is 628. The van der Waals surface area contributed by atoms with Crippen LogP contribution >= 0.6 is 0 Å². The highest BCUT2D eigenvalue weighted by Crippen LogP contribution is 2.26. The lowest BCUT2D eigenvalue weighted by Gasteiger charge is -2.36. The molecule has 1 heterocycles. The van der Waals surface area contributed by atoms with E-state index in [1.807, 2.05) is 6.92 Å². The van der Waals surface area contributed by atoms with Crippen LogP contribution in [0, 0.1) is 23.0 Å². The van der Waals surface area contributed by atoms with Crippen molar-refractivity contribution in [2.45, 2.75) is 32.7 Å². The van der Waals surface area contributed by atoms with Crippen molar-refractivity contribution in [1.82, 2.24) is 4.90 Å². The predicted molar refractivity (Wildman–Crippen MR) is 78.7 cm³/mol. The van der Waals surface area contributed by atoms with Crippen LogP contribution < -0.4 is 0 Å². The molecule has 0 aromatic heterocycles. The van der Waals surface area contributed by atoms with E-state index >= 15 is 0 Å². The van der Waals surface area contributed by atoms with Gasteiger partial charge in [-0.3, -0.25) is 14.9 Å². The van der Waals surface area contributed by atoms with Crippen LogP contribution in [0.2, 0.25) is 0 Å². The first-order valence-electron chi connectivity index (χ1n) is 7.09. The number of hydrogen-bond donors (Lipinski definition) is 1. The van der Waals surface area contributed by atoms with Gasteiger partial charge in [0.05, 0.1) is 4.92 Å². The Morgan fingerprint density at radius 3 is 2.64 bits per heavy atom. The molecule has 0 spiro atoms. The Hall–Kier alpha value is -2.44. The molecule has 0 bridgehead atoms. The smallest absolute Gasteiger partial charge is 0.326 e. The van der Waals surface area contributed by atoms with E-state index < -0.39 is 22.8 Å². The number of carbonyl (C=O) groups excluding carboxylic acids is 1. The van der Waals surface area contributed by atoms with Crippen molar-refractivity contribution in [2.24, 2.45) is 5.92 Å². The molecule has 7 nitrogen and oxygen atoms in total. The molecule has 2 unspecified atom stereocenters. The number of carboxylic acids is 1. The van der Waals surface area contributed by atoms with Gasteiger partial charge in [-0.2, -0.15) is 0 Å². The van der Waals surface area contributed by atoms with E-state index in [1.165, 1.54) is 17.0 Å². The van der Waals surface area contributed by atoms with Crippen molar-refractivity contribution in [3.05, 3.63) is 39.4 Å². The quantitative estimate of drug-likeness (QED) is 0.681. The van der Waals surface area contributed by atoms with Crippen LogP contribution in [0.3, 0.4) is 0 Å². The topological polar surface area (TPSA) is 101 Å². The largest absolute Gasteiger partial charge is 0.480 e. The summed E-state index contributed by atoms with van der Waals surface area (Å²) >= 11 is 0. The number of non-ortho nitro benzene ring substituents is 1. The number of aliphatic carboxylic acids is 1. The first-order valence-corrected chi connectivity index (χ1v) is 7.09. The van der Waals surface area contributed by atoms with Gasteiger partial charge in [-0.25, -0.2) is 4.79 Å². The second kappa shape index (κ2) is 6.13. The van der Waals surface area contributed by atoms with Crippen molar-refractivity contribution in [3.63, 3.8) is 0 Å². The molecule has 1 aromatic carbocycles. The second-order valence-corrected chi connectivity index (χ2v) is 5.80. The lowest BCUT2D eigenvalue weighted by atomic mass is 9.91. The summed E-state index contributed by atoms with van der Waals surface area (Å²) in [6.07, 6.45) is 1.12. The van der Waals surface area contributed by atoms with Crippen LogP contribution in [0.4, 0.5) is 5.69 Å². The van der Waals surface area contributed by atoms with Crippen molar-refractivity contribution in [2.75, 3.05) is 6.54 Å². The SMILES string of the molecule is Cc1cc(C(=O)N2CCC(C)CC2C(=O)O)cc([N+](=O)[O-])c1. The molecule has 1 fully saturated rings. The molecular formula is C15H18N2O5. The fourth-order valence-electron chi connectivity index (χ4n) is 2.78. The minimum Gasteiger partial charge on any atom is -0.480 e. The van der Waals surface area contributed by atoms with E-state index in [-0.39, 0.29) is 17.2 Å². The second-order valence-electron chi connectivity index (χ2n) is 5.80. The highest BCUT2D eigenvalue weighted by molar-refractivity contribution is 5.97. The number of carboxylic acid groups (broad SMARTS) is 1. The summed E-state index contributed by atoms with van der Waals surface area (Å²) in [4.78, 5) is 35.6. The van der Waals surface area contributed by atoms with Gasteiger partial charge in [0.15, 0.2) is 0 Å². The van der Waals surface area contributed by atoms with Gasteiger partial charge in [0.25, 0.3) is 11.6 Å². The van der Waals surface area contributed by atoms with Crippen LogP contribution in [0.15, 0.2) is 18.2 Å². The maximum absolute atomic E-state index is 12.6. The van der Waals surface area contributed by atoms with Crippen LogP contribution in [0.1, 0.15) is 35.7 Å². The summed E-state index contributed by atoms with van der Waals surface area (Å²) in [5.74, 6) is -1.27. The van der Waals surface area contributed by atoms with Crippen LogP contribution in [0.5, 0.6) is 0 Å². The molecule has 1 saturated heterocycles. The van der Waals surface area contributed by atoms with Gasteiger partial charge in [-0.15, -0.1) is 0 Å². The van der Waals surface area contributed by atoms with Gasteiger partial charge >= 0.3 is 5.97 Å². The normalized spacial score (nSPS) is 21.5. The summed E-state index contributed by atoms with van der Waals surface area (Å²) in [6.45, 7) is 3.96. The van der Waals surface area contributed by atoms with E-state index in [2.05, 4.69) is 0 Å². The molecule has 2 rings (SSSR count). The lowest BCUT2D eigenvalue weighted by Crippen LogP contribution is -2.49. The number of carbonyl (C=O) groups is 2. The van der Waals surface area contributed by atoms with Gasteiger partial charge in [-0.05, 0) is 37.3 Å². The van der Waals surface area contributed by atoms with E-state index in [0.717, 1.165) is 6.42 Å². The van der Waals surface area contributed by atoms with Crippen molar-refractivity contribution in [3.8, 4) is 0 Å². The molecule has 2 atom stereocenters. The summed E-state index contributed by atoms with van der Waals surface area (Å²) in [7, 11) is 0. The Balaban J connectivity index is 2.34. The highest BCUT2D eigenvalue weighted by atomic mass is 16.6. The number of likely N-dealkylation sites (tertiary alicyclic amines) is 1. The lowest BCUT2D eigenvalue weighted by molar-refractivity contribution is -0.384. The maximum Gasteiger partial charge on any atom is 0.326 e. The Labute approximate surface area is 127 Å². The summed E-state index contributed by atoms with van der Waals surface area (Å²) in [5, 5.41) is 20.2. The zero-order valence-corrected chi connectivity index (χ0v) is 12.5. The Morgan fingerprint density at radius 1 is 1.36 bits per heavy atom. The van der Waals surface area contributed by atoms with Gasteiger partial charge < -0.3 is 10.0 Å². The summed E-state index contributed by atoms with van der Waals surface area (Å²) < 4.78 is 0. The molecule has 1 N–H and O–H groups in total.